The van der Waals surface area contributed by atoms with Crippen LogP contribution < -0.4 is 0 Å². The molecule has 0 aromatic carbocycles. The molecule has 0 nitrogen and oxygen atoms in total. The van der Waals surface area contributed by atoms with E-state index in [-0.39, 0.29) is 0 Å². The smallest absolute Gasteiger partial charge is 0.0233 e. The number of hydrogen-bond acceptors (Lipinski definition) is 0. The summed E-state index contributed by atoms with van der Waals surface area (Å²) in [6.45, 7) is 11.1. The van der Waals surface area contributed by atoms with E-state index >= 15 is 0 Å². The lowest BCUT2D eigenvalue weighted by atomic mass is 9.68. The Hall–Kier alpha value is -0.780. The summed E-state index contributed by atoms with van der Waals surface area (Å²) < 4.78 is 0. The van der Waals surface area contributed by atoms with Crippen LogP contribution >= 0.6 is 0 Å². The second-order valence-electron chi connectivity index (χ2n) is 8.91. The Morgan fingerprint density at radius 1 is 0.960 bits per heavy atom. The molecule has 1 atom stereocenters. The van der Waals surface area contributed by atoms with E-state index in [0.717, 1.165) is 23.7 Å². The van der Waals surface area contributed by atoms with Gasteiger partial charge in [0.05, 0.1) is 0 Å². The van der Waals surface area contributed by atoms with Crippen molar-refractivity contribution in [3.05, 3.63) is 34.9 Å². The molecule has 0 heteroatoms. The highest BCUT2D eigenvalue weighted by Crippen LogP contribution is 2.45. The third kappa shape index (κ3) is 5.87. The van der Waals surface area contributed by atoms with Crippen molar-refractivity contribution in [2.24, 2.45) is 23.7 Å². The summed E-state index contributed by atoms with van der Waals surface area (Å²) in [6, 6.07) is 0. The van der Waals surface area contributed by atoms with Crippen molar-refractivity contribution >= 4 is 0 Å². The van der Waals surface area contributed by atoms with Crippen molar-refractivity contribution in [2.75, 3.05) is 0 Å². The molecule has 0 N–H and O–H groups in total. The zero-order valence-electron chi connectivity index (χ0n) is 17.6. The zero-order chi connectivity index (χ0) is 18.2. The van der Waals surface area contributed by atoms with Crippen LogP contribution in [0.2, 0.25) is 0 Å². The van der Waals surface area contributed by atoms with Crippen molar-refractivity contribution < 1.29 is 0 Å². The van der Waals surface area contributed by atoms with Gasteiger partial charge in [0, 0.05) is 0 Å². The van der Waals surface area contributed by atoms with Gasteiger partial charge < -0.3 is 0 Å². The molecule has 1 unspecified atom stereocenters. The van der Waals surface area contributed by atoms with Crippen LogP contribution in [0.25, 0.3) is 0 Å². The molecule has 0 saturated heterocycles. The van der Waals surface area contributed by atoms with Gasteiger partial charge >= 0.3 is 0 Å². The van der Waals surface area contributed by atoms with Gasteiger partial charge in [0.1, 0.15) is 0 Å². The van der Waals surface area contributed by atoms with Crippen LogP contribution in [0, 0.1) is 23.7 Å². The van der Waals surface area contributed by atoms with Gasteiger partial charge in [-0.05, 0) is 94.0 Å². The first-order valence-corrected chi connectivity index (χ1v) is 11.1. The van der Waals surface area contributed by atoms with Crippen LogP contribution in [0.3, 0.4) is 0 Å². The highest BCUT2D eigenvalue weighted by atomic mass is 14.4. The molecule has 0 aliphatic heterocycles. The van der Waals surface area contributed by atoms with Crippen molar-refractivity contribution in [2.45, 2.75) is 98.8 Å². The Morgan fingerprint density at radius 3 is 2.24 bits per heavy atom. The van der Waals surface area contributed by atoms with Crippen LogP contribution in [0.15, 0.2) is 34.9 Å². The molecule has 0 radical (unpaired) electrons. The summed E-state index contributed by atoms with van der Waals surface area (Å²) in [4.78, 5) is 0. The van der Waals surface area contributed by atoms with Crippen molar-refractivity contribution in [3.63, 3.8) is 0 Å². The third-order valence-electron chi connectivity index (χ3n) is 6.51. The van der Waals surface area contributed by atoms with E-state index in [1.165, 1.54) is 64.2 Å². The lowest BCUT2D eigenvalue weighted by Gasteiger charge is -2.38. The fourth-order valence-electron chi connectivity index (χ4n) is 5.03. The molecule has 0 amide bonds. The van der Waals surface area contributed by atoms with E-state index < -0.39 is 0 Å². The lowest BCUT2D eigenvalue weighted by molar-refractivity contribution is 0.205. The van der Waals surface area contributed by atoms with Gasteiger partial charge in [-0.2, -0.15) is 0 Å². The van der Waals surface area contributed by atoms with E-state index in [0.29, 0.717) is 0 Å². The normalized spacial score (nSPS) is 30.0. The Kier molecular flexibility index (Phi) is 8.53. The third-order valence-corrected chi connectivity index (χ3v) is 6.51. The minimum absolute atomic E-state index is 0.744. The van der Waals surface area contributed by atoms with Crippen molar-refractivity contribution in [3.8, 4) is 0 Å². The number of hydrogen-bond donors (Lipinski definition) is 0. The molecule has 0 spiro atoms. The number of rotatable bonds is 3. The van der Waals surface area contributed by atoms with Gasteiger partial charge in [-0.1, -0.05) is 63.5 Å². The maximum absolute atomic E-state index is 2.57. The van der Waals surface area contributed by atoms with Crippen LogP contribution in [0.5, 0.6) is 0 Å². The van der Waals surface area contributed by atoms with E-state index in [1.54, 1.807) is 11.1 Å². The monoisotopic (exact) mass is 342 g/mol. The van der Waals surface area contributed by atoms with Gasteiger partial charge in [0.2, 0.25) is 0 Å². The number of allylic oxidation sites excluding steroid dienone is 6. The Labute approximate surface area is 157 Å². The SMILES string of the molecule is C/C=C/C1CCC(C2CCC3=C(CCC(C(C)C)=C3)C2)CC1.CCC. The minimum Gasteiger partial charge on any atom is -0.0914 e. The Balaban J connectivity index is 0.000000701. The Morgan fingerprint density at radius 2 is 1.64 bits per heavy atom. The molecule has 3 aliphatic carbocycles. The van der Waals surface area contributed by atoms with E-state index in [2.05, 4.69) is 52.8 Å². The van der Waals surface area contributed by atoms with Crippen LogP contribution in [0.4, 0.5) is 0 Å². The van der Waals surface area contributed by atoms with Crippen molar-refractivity contribution in [1.82, 2.24) is 0 Å². The molecule has 0 aromatic heterocycles. The van der Waals surface area contributed by atoms with Crippen molar-refractivity contribution in [1.29, 1.82) is 0 Å². The van der Waals surface area contributed by atoms with E-state index in [9.17, 15) is 0 Å². The van der Waals surface area contributed by atoms with Crippen LogP contribution in [0.1, 0.15) is 98.8 Å². The predicted octanol–water partition coefficient (Wildman–Crippen LogP) is 8.26. The summed E-state index contributed by atoms with van der Waals surface area (Å²) in [6.07, 6.45) is 21.3. The molecular formula is C25H42. The first-order valence-electron chi connectivity index (χ1n) is 11.1. The average molecular weight is 343 g/mol. The van der Waals surface area contributed by atoms with Crippen LogP contribution in [-0.2, 0) is 0 Å². The van der Waals surface area contributed by atoms with E-state index in [1.807, 2.05) is 5.57 Å². The fraction of sp³-hybridized carbons (Fsp3) is 0.760. The predicted molar refractivity (Wildman–Crippen MR) is 113 cm³/mol. The summed E-state index contributed by atoms with van der Waals surface area (Å²) in [7, 11) is 0. The largest absolute Gasteiger partial charge is 0.0914 e. The Bertz CT molecular complexity index is 480. The quantitative estimate of drug-likeness (QED) is 0.453. The molecule has 3 rings (SSSR count). The average Bonchev–Trinajstić information content (AvgIpc) is 2.62. The lowest BCUT2D eigenvalue weighted by Crippen LogP contribution is -2.25. The second-order valence-corrected chi connectivity index (χ2v) is 8.91. The second kappa shape index (κ2) is 10.4. The molecule has 0 aromatic rings. The van der Waals surface area contributed by atoms with E-state index in [4.69, 9.17) is 0 Å². The maximum atomic E-state index is 2.57. The molecule has 1 saturated carbocycles. The molecule has 0 bridgehead atoms. The van der Waals surface area contributed by atoms with Gasteiger partial charge in [0.25, 0.3) is 0 Å². The molecule has 3 aliphatic rings. The highest BCUT2D eigenvalue weighted by Gasteiger charge is 2.31. The first kappa shape index (κ1) is 20.5. The minimum atomic E-state index is 0.744. The highest BCUT2D eigenvalue weighted by molar-refractivity contribution is 5.36. The summed E-state index contributed by atoms with van der Waals surface area (Å²) in [5, 5.41) is 0. The molecule has 0 heterocycles. The molecule has 1 fully saturated rings. The van der Waals surface area contributed by atoms with Crippen LogP contribution in [-0.4, -0.2) is 0 Å². The summed E-state index contributed by atoms with van der Waals surface area (Å²) in [5.74, 6) is 3.64. The molecule has 25 heavy (non-hydrogen) atoms. The zero-order valence-corrected chi connectivity index (χ0v) is 17.6. The van der Waals surface area contributed by atoms with Gasteiger partial charge in [0.15, 0.2) is 0 Å². The molecular weight excluding hydrogens is 300 g/mol. The van der Waals surface area contributed by atoms with Gasteiger partial charge in [-0.25, -0.2) is 0 Å². The summed E-state index contributed by atoms with van der Waals surface area (Å²) >= 11 is 0. The molecule has 142 valence electrons. The van der Waals surface area contributed by atoms with Gasteiger partial charge in [-0.15, -0.1) is 0 Å². The van der Waals surface area contributed by atoms with Gasteiger partial charge in [-0.3, -0.25) is 0 Å². The first-order chi connectivity index (χ1) is 12.1. The fourth-order valence-corrected chi connectivity index (χ4v) is 5.03. The summed E-state index contributed by atoms with van der Waals surface area (Å²) in [5.41, 5.74) is 5.26. The maximum Gasteiger partial charge on any atom is -0.0233 e. The topological polar surface area (TPSA) is 0 Å². The standard InChI is InChI=1S/C22H34.C3H8/c1-4-5-17-6-8-18(9-7-17)20-12-13-21-14-19(16(2)3)10-11-22(21)15-20;1-3-2/h4-5,14,16-18,20H,6-13,15H2,1-3H3;3H2,1-2H3/b5-4+;.